The molecule has 0 aliphatic carbocycles. The first-order valence-electron chi connectivity index (χ1n) is 7.38. The topological polar surface area (TPSA) is 38.5 Å². The molecule has 106 valence electrons. The molecule has 2 atom stereocenters. The molecule has 1 aromatic heterocycles. The van der Waals surface area contributed by atoms with Crippen LogP contribution in [0.2, 0.25) is 0 Å². The third-order valence-corrected chi connectivity index (χ3v) is 5.91. The van der Waals surface area contributed by atoms with Gasteiger partial charge in [-0.25, -0.2) is 0 Å². The van der Waals surface area contributed by atoms with E-state index in [4.69, 9.17) is 10.5 Å². The third-order valence-electron chi connectivity index (χ3n) is 4.91. The number of nitrogens with two attached hydrogens (primary N) is 1. The van der Waals surface area contributed by atoms with Crippen molar-refractivity contribution in [3.63, 3.8) is 0 Å². The molecule has 2 N–H and O–H groups in total. The van der Waals surface area contributed by atoms with E-state index in [1.165, 1.54) is 18.4 Å². The van der Waals surface area contributed by atoms with Crippen LogP contribution in [0.25, 0.3) is 0 Å². The fraction of sp³-hybridized carbons (Fsp3) is 0.733. The van der Waals surface area contributed by atoms with Crippen LogP contribution >= 0.6 is 11.3 Å². The summed E-state index contributed by atoms with van der Waals surface area (Å²) in [6.45, 7) is 5.99. The summed E-state index contributed by atoms with van der Waals surface area (Å²) in [6, 6.07) is 2.80. The van der Waals surface area contributed by atoms with Gasteiger partial charge < -0.3 is 10.5 Å². The first kappa shape index (κ1) is 13.6. The third kappa shape index (κ3) is 2.35. The summed E-state index contributed by atoms with van der Waals surface area (Å²) in [6.07, 6.45) is 4.57. The molecule has 0 bridgehead atoms. The summed E-state index contributed by atoms with van der Waals surface area (Å²) in [4.78, 5) is 4.23. The minimum atomic E-state index is 0.148. The van der Waals surface area contributed by atoms with Crippen molar-refractivity contribution in [2.24, 2.45) is 5.73 Å². The van der Waals surface area contributed by atoms with Crippen LogP contribution in [0.4, 0.5) is 0 Å². The average molecular weight is 280 g/mol. The van der Waals surface area contributed by atoms with E-state index in [1.54, 1.807) is 4.88 Å². The van der Waals surface area contributed by atoms with Crippen molar-refractivity contribution in [1.82, 2.24) is 4.90 Å². The standard InChI is InChI=1S/C15H24N2OS/c1-12-13-4-10-19-14(13)3-7-17(12)15(11-16)5-2-8-18-9-6-15/h4,10,12H,2-3,5-9,11,16H2,1H3. The SMILES string of the molecule is CC1c2ccsc2CCN1C1(CN)CCCOCC1. The van der Waals surface area contributed by atoms with Crippen molar-refractivity contribution in [1.29, 1.82) is 0 Å². The van der Waals surface area contributed by atoms with E-state index >= 15 is 0 Å². The summed E-state index contributed by atoms with van der Waals surface area (Å²) >= 11 is 1.91. The van der Waals surface area contributed by atoms with Crippen LogP contribution in [0.5, 0.6) is 0 Å². The molecule has 4 heteroatoms. The van der Waals surface area contributed by atoms with Gasteiger partial charge in [0.05, 0.1) is 0 Å². The lowest BCUT2D eigenvalue weighted by atomic mass is 9.84. The van der Waals surface area contributed by atoms with Gasteiger partial charge >= 0.3 is 0 Å². The molecular formula is C15H24N2OS. The van der Waals surface area contributed by atoms with Crippen LogP contribution in [-0.4, -0.2) is 36.7 Å². The number of rotatable bonds is 2. The van der Waals surface area contributed by atoms with Crippen molar-refractivity contribution in [2.45, 2.75) is 44.2 Å². The molecule has 2 aliphatic heterocycles. The fourth-order valence-corrected chi connectivity index (χ4v) is 4.72. The molecule has 0 spiro atoms. The van der Waals surface area contributed by atoms with Gasteiger partial charge in [0.25, 0.3) is 0 Å². The number of hydrogen-bond donors (Lipinski definition) is 1. The predicted molar refractivity (Wildman–Crippen MR) is 79.6 cm³/mol. The maximum atomic E-state index is 6.20. The van der Waals surface area contributed by atoms with Gasteiger partial charge in [-0.15, -0.1) is 11.3 Å². The van der Waals surface area contributed by atoms with Gasteiger partial charge in [0.15, 0.2) is 0 Å². The molecule has 1 fully saturated rings. The first-order valence-corrected chi connectivity index (χ1v) is 8.26. The molecule has 0 radical (unpaired) electrons. The highest BCUT2D eigenvalue weighted by molar-refractivity contribution is 7.10. The zero-order chi connectivity index (χ0) is 13.3. The second kappa shape index (κ2) is 5.52. The van der Waals surface area contributed by atoms with Crippen LogP contribution in [0.15, 0.2) is 11.4 Å². The molecule has 2 unspecified atom stereocenters. The number of nitrogens with zero attached hydrogens (tertiary/aromatic N) is 1. The van der Waals surface area contributed by atoms with Crippen molar-refractivity contribution in [3.8, 4) is 0 Å². The molecule has 3 nitrogen and oxygen atoms in total. The molecule has 1 aromatic rings. The Morgan fingerprint density at radius 1 is 1.47 bits per heavy atom. The Bertz CT molecular complexity index is 424. The second-order valence-electron chi connectivity index (χ2n) is 5.81. The van der Waals surface area contributed by atoms with Gasteiger partial charge in [0.2, 0.25) is 0 Å². The Morgan fingerprint density at radius 2 is 2.37 bits per heavy atom. The van der Waals surface area contributed by atoms with Gasteiger partial charge in [0, 0.05) is 42.8 Å². The van der Waals surface area contributed by atoms with Crippen LogP contribution in [0, 0.1) is 0 Å². The highest BCUT2D eigenvalue weighted by atomic mass is 32.1. The predicted octanol–water partition coefficient (Wildman–Crippen LogP) is 2.57. The molecule has 3 rings (SSSR count). The smallest absolute Gasteiger partial charge is 0.0484 e. The van der Waals surface area contributed by atoms with Crippen molar-refractivity contribution < 1.29 is 4.74 Å². The summed E-state index contributed by atoms with van der Waals surface area (Å²) in [5.74, 6) is 0. The largest absolute Gasteiger partial charge is 0.381 e. The lowest BCUT2D eigenvalue weighted by Gasteiger charge is -2.48. The Morgan fingerprint density at radius 3 is 3.21 bits per heavy atom. The maximum Gasteiger partial charge on any atom is 0.0484 e. The number of thiophene rings is 1. The molecule has 0 amide bonds. The lowest BCUT2D eigenvalue weighted by Crippen LogP contribution is -2.56. The zero-order valence-electron chi connectivity index (χ0n) is 11.7. The van der Waals surface area contributed by atoms with Crippen LogP contribution in [0.3, 0.4) is 0 Å². The fourth-order valence-electron chi connectivity index (χ4n) is 3.76. The number of fused-ring (bicyclic) bond motifs is 1. The van der Waals surface area contributed by atoms with E-state index in [0.29, 0.717) is 6.04 Å². The molecule has 0 aromatic carbocycles. The van der Waals surface area contributed by atoms with E-state index in [9.17, 15) is 0 Å². The first-order chi connectivity index (χ1) is 9.27. The Hall–Kier alpha value is -0.420. The van der Waals surface area contributed by atoms with Crippen molar-refractivity contribution in [2.75, 3.05) is 26.3 Å². The molecule has 3 heterocycles. The Kier molecular flexibility index (Phi) is 3.94. The average Bonchev–Trinajstić information content (AvgIpc) is 2.78. The van der Waals surface area contributed by atoms with Crippen molar-refractivity contribution in [3.05, 3.63) is 21.9 Å². The van der Waals surface area contributed by atoms with Gasteiger partial charge in [0.1, 0.15) is 0 Å². The van der Waals surface area contributed by atoms with E-state index < -0.39 is 0 Å². The summed E-state index contributed by atoms with van der Waals surface area (Å²) in [5, 5.41) is 2.23. The van der Waals surface area contributed by atoms with Gasteiger partial charge in [-0.2, -0.15) is 0 Å². The van der Waals surface area contributed by atoms with Crippen LogP contribution in [0.1, 0.15) is 42.7 Å². The summed E-state index contributed by atoms with van der Waals surface area (Å²) < 4.78 is 5.65. The highest BCUT2D eigenvalue weighted by Gasteiger charge is 2.41. The molecule has 19 heavy (non-hydrogen) atoms. The quantitative estimate of drug-likeness (QED) is 0.905. The van der Waals surface area contributed by atoms with Crippen molar-refractivity contribution >= 4 is 11.3 Å². The number of ether oxygens (including phenoxy) is 1. The second-order valence-corrected chi connectivity index (χ2v) is 6.81. The van der Waals surface area contributed by atoms with Gasteiger partial charge in [-0.05, 0) is 49.6 Å². The summed E-state index contributed by atoms with van der Waals surface area (Å²) in [5.41, 5.74) is 7.87. The van der Waals surface area contributed by atoms with E-state index in [-0.39, 0.29) is 5.54 Å². The minimum Gasteiger partial charge on any atom is -0.381 e. The normalized spacial score (nSPS) is 32.8. The van der Waals surface area contributed by atoms with E-state index in [1.807, 2.05) is 11.3 Å². The molecule has 0 saturated carbocycles. The lowest BCUT2D eigenvalue weighted by molar-refractivity contribution is 0.0293. The van der Waals surface area contributed by atoms with Crippen LogP contribution < -0.4 is 5.73 Å². The monoisotopic (exact) mass is 280 g/mol. The highest BCUT2D eigenvalue weighted by Crippen LogP contribution is 2.40. The minimum absolute atomic E-state index is 0.148. The summed E-state index contributed by atoms with van der Waals surface area (Å²) in [7, 11) is 0. The molecule has 1 saturated heterocycles. The molecular weight excluding hydrogens is 256 g/mol. The maximum absolute atomic E-state index is 6.20. The van der Waals surface area contributed by atoms with Gasteiger partial charge in [-0.1, -0.05) is 0 Å². The van der Waals surface area contributed by atoms with Crippen LogP contribution in [-0.2, 0) is 11.2 Å². The Balaban J connectivity index is 1.88. The zero-order valence-corrected chi connectivity index (χ0v) is 12.5. The molecule has 2 aliphatic rings. The van der Waals surface area contributed by atoms with E-state index in [2.05, 4.69) is 23.3 Å². The van der Waals surface area contributed by atoms with Gasteiger partial charge in [-0.3, -0.25) is 4.90 Å². The number of hydrogen-bond acceptors (Lipinski definition) is 4. The Labute approximate surface area is 119 Å². The van der Waals surface area contributed by atoms with E-state index in [0.717, 1.165) is 39.1 Å².